The van der Waals surface area contributed by atoms with Gasteiger partial charge in [-0.15, -0.1) is 0 Å². The van der Waals surface area contributed by atoms with Crippen molar-refractivity contribution in [3.05, 3.63) is 41.3 Å². The number of sulfone groups is 1. The second kappa shape index (κ2) is 6.10. The summed E-state index contributed by atoms with van der Waals surface area (Å²) in [6.45, 7) is 3.17. The molecule has 0 spiro atoms. The van der Waals surface area contributed by atoms with Crippen LogP contribution < -0.4 is 4.72 Å². The van der Waals surface area contributed by atoms with Crippen molar-refractivity contribution in [2.75, 3.05) is 16.2 Å². The fourth-order valence-corrected chi connectivity index (χ4v) is 5.64. The predicted molar refractivity (Wildman–Crippen MR) is 91.2 cm³/mol. The average molecular weight is 387 g/mol. The van der Waals surface area contributed by atoms with Crippen molar-refractivity contribution in [2.24, 2.45) is 0 Å². The van der Waals surface area contributed by atoms with Crippen LogP contribution in [0.15, 0.2) is 29.2 Å². The normalized spacial score (nSPS) is 19.9. The van der Waals surface area contributed by atoms with Crippen molar-refractivity contribution >= 4 is 25.7 Å². The van der Waals surface area contributed by atoms with Gasteiger partial charge < -0.3 is 0 Å². The van der Waals surface area contributed by atoms with Crippen LogP contribution in [-0.2, 0) is 19.9 Å². The molecule has 1 N–H and O–H groups in total. The molecule has 2 aromatic rings. The highest BCUT2D eigenvalue weighted by Gasteiger charge is 2.32. The van der Waals surface area contributed by atoms with Gasteiger partial charge in [0.05, 0.1) is 28.1 Å². The number of rotatable bonds is 4. The van der Waals surface area contributed by atoms with E-state index in [9.17, 15) is 21.2 Å². The van der Waals surface area contributed by atoms with Gasteiger partial charge in [-0.05, 0) is 44.0 Å². The molecule has 136 valence electrons. The van der Waals surface area contributed by atoms with Gasteiger partial charge in [0.25, 0.3) is 10.0 Å². The molecule has 0 aliphatic carbocycles. The number of sulfonamides is 1. The SMILES string of the molecule is Cc1cc(NS(=O)(=O)c2ccc(F)c(C)c2)n([C@@H]2CCS(=O)(=O)C2)n1. The fourth-order valence-electron chi connectivity index (χ4n) is 2.82. The van der Waals surface area contributed by atoms with Crippen LogP contribution in [0, 0.1) is 19.7 Å². The van der Waals surface area contributed by atoms with E-state index in [1.165, 1.54) is 23.7 Å². The van der Waals surface area contributed by atoms with Crippen LogP contribution >= 0.6 is 0 Å². The number of hydrogen-bond acceptors (Lipinski definition) is 5. The maximum atomic E-state index is 13.4. The van der Waals surface area contributed by atoms with Gasteiger partial charge in [-0.1, -0.05) is 0 Å². The molecule has 1 saturated heterocycles. The standard InChI is InChI=1S/C15H18FN3O4S2/c1-10-7-13(3-4-14(10)16)25(22,23)18-15-8-11(2)17-19(15)12-5-6-24(20,21)9-12/h3-4,7-8,12,18H,5-6,9H2,1-2H3/t12-/m1/s1. The Balaban J connectivity index is 1.94. The number of benzene rings is 1. The molecule has 1 aromatic heterocycles. The zero-order valence-corrected chi connectivity index (χ0v) is 15.4. The largest absolute Gasteiger partial charge is 0.264 e. The van der Waals surface area contributed by atoms with Crippen molar-refractivity contribution in [1.82, 2.24) is 9.78 Å². The Morgan fingerprint density at radius 3 is 2.60 bits per heavy atom. The molecule has 0 saturated carbocycles. The molecule has 2 heterocycles. The number of aromatic nitrogens is 2. The van der Waals surface area contributed by atoms with Crippen LogP contribution in [-0.4, -0.2) is 38.1 Å². The van der Waals surface area contributed by atoms with Crippen molar-refractivity contribution in [1.29, 1.82) is 0 Å². The zero-order chi connectivity index (χ0) is 18.4. The number of aryl methyl sites for hydroxylation is 2. The molecule has 7 nitrogen and oxygen atoms in total. The van der Waals surface area contributed by atoms with E-state index in [0.29, 0.717) is 12.1 Å². The van der Waals surface area contributed by atoms with E-state index in [4.69, 9.17) is 0 Å². The summed E-state index contributed by atoms with van der Waals surface area (Å²) in [5, 5.41) is 4.23. The predicted octanol–water partition coefficient (Wildman–Crippen LogP) is 1.80. The topological polar surface area (TPSA) is 98.1 Å². The number of anilines is 1. The van der Waals surface area contributed by atoms with Crippen LogP contribution in [0.25, 0.3) is 0 Å². The van der Waals surface area contributed by atoms with Crippen LogP contribution in [0.3, 0.4) is 0 Å². The summed E-state index contributed by atoms with van der Waals surface area (Å²) in [6.07, 6.45) is 0.383. The van der Waals surface area contributed by atoms with E-state index in [-0.39, 0.29) is 27.8 Å². The summed E-state index contributed by atoms with van der Waals surface area (Å²) in [4.78, 5) is -0.0733. The van der Waals surface area contributed by atoms with Crippen LogP contribution in [0.2, 0.25) is 0 Å². The Morgan fingerprint density at radius 2 is 2.00 bits per heavy atom. The van der Waals surface area contributed by atoms with Crippen LogP contribution in [0.4, 0.5) is 10.2 Å². The fraction of sp³-hybridized carbons (Fsp3) is 0.400. The van der Waals surface area contributed by atoms with Crippen LogP contribution in [0.5, 0.6) is 0 Å². The Bertz CT molecular complexity index is 1030. The first-order valence-electron chi connectivity index (χ1n) is 7.63. The van der Waals surface area contributed by atoms with Crippen molar-refractivity contribution in [2.45, 2.75) is 31.2 Å². The highest BCUT2D eigenvalue weighted by molar-refractivity contribution is 7.92. The summed E-state index contributed by atoms with van der Waals surface area (Å²) < 4.78 is 65.8. The maximum absolute atomic E-state index is 13.4. The first-order valence-corrected chi connectivity index (χ1v) is 10.9. The van der Waals surface area contributed by atoms with E-state index < -0.39 is 31.7 Å². The van der Waals surface area contributed by atoms with Gasteiger partial charge in [0.2, 0.25) is 0 Å². The molecule has 0 radical (unpaired) electrons. The molecule has 1 aromatic carbocycles. The zero-order valence-electron chi connectivity index (χ0n) is 13.7. The first-order chi connectivity index (χ1) is 11.6. The van der Waals surface area contributed by atoms with Gasteiger partial charge in [-0.2, -0.15) is 5.10 Å². The summed E-state index contributed by atoms with van der Waals surface area (Å²) >= 11 is 0. The van der Waals surface area contributed by atoms with E-state index in [1.807, 2.05) is 0 Å². The van der Waals surface area contributed by atoms with E-state index in [0.717, 1.165) is 6.07 Å². The van der Waals surface area contributed by atoms with Crippen LogP contribution in [0.1, 0.15) is 23.7 Å². The van der Waals surface area contributed by atoms with Gasteiger partial charge >= 0.3 is 0 Å². The molecule has 1 atom stereocenters. The molecule has 10 heteroatoms. The second-order valence-electron chi connectivity index (χ2n) is 6.19. The monoisotopic (exact) mass is 387 g/mol. The Hall–Kier alpha value is -1.94. The van der Waals surface area contributed by atoms with Crippen molar-refractivity contribution in [3.63, 3.8) is 0 Å². The molecular weight excluding hydrogens is 369 g/mol. The average Bonchev–Trinajstić information content (AvgIpc) is 3.03. The molecule has 1 aliphatic heterocycles. The summed E-state index contributed by atoms with van der Waals surface area (Å²) in [5.74, 6) is -0.309. The quantitative estimate of drug-likeness (QED) is 0.863. The minimum atomic E-state index is -3.95. The molecule has 0 bridgehead atoms. The summed E-state index contributed by atoms with van der Waals surface area (Å²) in [6, 6.07) is 4.64. The van der Waals surface area contributed by atoms with Crippen molar-refractivity contribution in [3.8, 4) is 0 Å². The summed E-state index contributed by atoms with van der Waals surface area (Å²) in [7, 11) is -7.08. The maximum Gasteiger partial charge on any atom is 0.263 e. The number of hydrogen-bond donors (Lipinski definition) is 1. The molecule has 1 fully saturated rings. The third-order valence-corrected chi connectivity index (χ3v) is 7.19. The van der Waals surface area contributed by atoms with Crippen molar-refractivity contribution < 1.29 is 21.2 Å². The lowest BCUT2D eigenvalue weighted by Crippen LogP contribution is -2.20. The molecule has 1 aliphatic rings. The van der Waals surface area contributed by atoms with Gasteiger partial charge in [0.1, 0.15) is 11.6 Å². The molecule has 25 heavy (non-hydrogen) atoms. The molecule has 3 rings (SSSR count). The highest BCUT2D eigenvalue weighted by atomic mass is 32.2. The lowest BCUT2D eigenvalue weighted by molar-refractivity contribution is 0.503. The van der Waals surface area contributed by atoms with Gasteiger partial charge in [-0.25, -0.2) is 25.9 Å². The smallest absolute Gasteiger partial charge is 0.263 e. The van der Waals surface area contributed by atoms with E-state index in [2.05, 4.69) is 9.82 Å². The minimum absolute atomic E-state index is 0.0555. The molecular formula is C15H18FN3O4S2. The molecule has 0 amide bonds. The first kappa shape index (κ1) is 17.9. The van der Waals surface area contributed by atoms with Gasteiger partial charge in [0.15, 0.2) is 9.84 Å². The third-order valence-electron chi connectivity index (χ3n) is 4.09. The van der Waals surface area contributed by atoms with Gasteiger partial charge in [0, 0.05) is 6.07 Å². The lowest BCUT2D eigenvalue weighted by atomic mass is 10.2. The Labute approximate surface area is 145 Å². The highest BCUT2D eigenvalue weighted by Crippen LogP contribution is 2.28. The minimum Gasteiger partial charge on any atom is -0.264 e. The Morgan fingerprint density at radius 1 is 1.28 bits per heavy atom. The van der Waals surface area contributed by atoms with Gasteiger partial charge in [-0.3, -0.25) is 4.72 Å². The number of halogens is 1. The third kappa shape index (κ3) is 3.69. The Kier molecular flexibility index (Phi) is 4.36. The second-order valence-corrected chi connectivity index (χ2v) is 10.1. The van der Waals surface area contributed by atoms with E-state index in [1.54, 1.807) is 13.0 Å². The molecule has 0 unspecified atom stereocenters. The lowest BCUT2D eigenvalue weighted by Gasteiger charge is -2.15. The number of nitrogens with one attached hydrogen (secondary N) is 1. The number of nitrogens with zero attached hydrogens (tertiary/aromatic N) is 2. The van der Waals surface area contributed by atoms with E-state index >= 15 is 0 Å². The summed E-state index contributed by atoms with van der Waals surface area (Å²) in [5.41, 5.74) is 0.784.